The third-order valence-electron chi connectivity index (χ3n) is 3.84. The van der Waals surface area contributed by atoms with Gasteiger partial charge in [-0.25, -0.2) is 9.69 Å². The van der Waals surface area contributed by atoms with E-state index in [1.807, 2.05) is 0 Å². The molecule has 0 N–H and O–H groups in total. The van der Waals surface area contributed by atoms with Gasteiger partial charge in [-0.2, -0.15) is 0 Å². The van der Waals surface area contributed by atoms with Crippen LogP contribution in [0.25, 0.3) is 0 Å². The van der Waals surface area contributed by atoms with Crippen LogP contribution in [0.2, 0.25) is 0 Å². The summed E-state index contributed by atoms with van der Waals surface area (Å²) in [6.07, 6.45) is 0. The van der Waals surface area contributed by atoms with Crippen LogP contribution in [0, 0.1) is 10.8 Å². The van der Waals surface area contributed by atoms with Crippen LogP contribution in [-0.2, 0) is 19.1 Å². The highest BCUT2D eigenvalue weighted by atomic mass is 16.5. The largest absolute Gasteiger partial charge is 0.497 e. The fraction of sp³-hybridized carbons (Fsp3) is 0.286. The molecule has 3 rings (SSSR count). The van der Waals surface area contributed by atoms with Crippen molar-refractivity contribution in [3.63, 3.8) is 0 Å². The fourth-order valence-corrected chi connectivity index (χ4v) is 2.72. The van der Waals surface area contributed by atoms with Gasteiger partial charge in [0.05, 0.1) is 25.2 Å². The molecule has 124 valence electrons. The van der Waals surface area contributed by atoms with Crippen molar-refractivity contribution >= 4 is 29.2 Å². The molecule has 1 aromatic carbocycles. The third-order valence-corrected chi connectivity index (χ3v) is 3.84. The zero-order chi connectivity index (χ0) is 17.4. The Hall–Kier alpha value is -3.30. The molecule has 1 aromatic rings. The highest BCUT2D eigenvalue weighted by Crippen LogP contribution is 2.35. The number of anilines is 1. The maximum atomic E-state index is 12.7. The fourth-order valence-electron chi connectivity index (χ4n) is 2.72. The zero-order valence-corrected chi connectivity index (χ0v) is 12.7. The molecule has 2 atom stereocenters. The van der Waals surface area contributed by atoms with Crippen molar-refractivity contribution in [1.29, 1.82) is 0 Å². The number of ether oxygens (including phenoxy) is 2. The van der Waals surface area contributed by atoms with Gasteiger partial charge in [-0.3, -0.25) is 9.59 Å². The number of benzene rings is 1. The number of hydrazone groups is 1. The van der Waals surface area contributed by atoms with Gasteiger partial charge in [-0.1, -0.05) is 0 Å². The van der Waals surface area contributed by atoms with Crippen LogP contribution in [0.4, 0.5) is 5.69 Å². The van der Waals surface area contributed by atoms with Crippen LogP contribution >= 0.6 is 0 Å². The first-order valence-electron chi connectivity index (χ1n) is 6.84. The quantitative estimate of drug-likeness (QED) is 0.435. The number of hydrogen-bond donors (Lipinski definition) is 0. The van der Waals surface area contributed by atoms with Crippen LogP contribution in [-0.4, -0.2) is 48.9 Å². The molecule has 2 aliphatic rings. The van der Waals surface area contributed by atoms with Gasteiger partial charge in [-0.05, 0) is 24.3 Å². The lowest BCUT2D eigenvalue weighted by Crippen LogP contribution is -2.36. The van der Waals surface area contributed by atoms with Gasteiger partial charge in [-0.15, -0.1) is 15.1 Å². The summed E-state index contributed by atoms with van der Waals surface area (Å²) in [5, 5.41) is 6.76. The van der Waals surface area contributed by atoms with E-state index in [2.05, 4.69) is 15.1 Å². The number of rotatable bonds is 4. The van der Waals surface area contributed by atoms with E-state index in [9.17, 15) is 19.3 Å². The summed E-state index contributed by atoms with van der Waals surface area (Å²) >= 11 is 0. The Labute approximate surface area is 135 Å². The Morgan fingerprint density at radius 2 is 1.83 bits per heavy atom. The molecule has 0 aromatic heterocycles. The van der Waals surface area contributed by atoms with E-state index in [-0.39, 0.29) is 11.4 Å². The van der Waals surface area contributed by atoms with Crippen LogP contribution in [0.1, 0.15) is 0 Å². The Bertz CT molecular complexity index is 759. The van der Waals surface area contributed by atoms with Gasteiger partial charge < -0.3 is 9.47 Å². The molecule has 1 fully saturated rings. The normalized spacial score (nSPS) is 22.3. The standard InChI is InChI=1S/C14H12N4O6/c1-23-8-5-3-7(4-6-8)17-12(19)9-10(14(21)24-2)15-18(16-22)11(9)13(17)20/h3-6,9,11H,1-2H3/t9-,11-/m1/s1. The second-order valence-corrected chi connectivity index (χ2v) is 5.01. The Morgan fingerprint density at radius 1 is 1.17 bits per heavy atom. The average molecular weight is 332 g/mol. The molecular formula is C14H12N4O6. The van der Waals surface area contributed by atoms with E-state index >= 15 is 0 Å². The van der Waals surface area contributed by atoms with E-state index in [4.69, 9.17) is 4.74 Å². The summed E-state index contributed by atoms with van der Waals surface area (Å²) in [5.74, 6) is -2.95. The van der Waals surface area contributed by atoms with Crippen LogP contribution in [0.15, 0.2) is 34.7 Å². The predicted molar refractivity (Wildman–Crippen MR) is 79.9 cm³/mol. The Morgan fingerprint density at radius 3 is 2.38 bits per heavy atom. The van der Waals surface area contributed by atoms with Gasteiger partial charge in [0.15, 0.2) is 11.8 Å². The lowest BCUT2D eigenvalue weighted by molar-refractivity contribution is -0.133. The molecule has 0 saturated carbocycles. The SMILES string of the molecule is COC(=O)C1=NN(N=O)[C@H]2C(=O)N(c3ccc(OC)cc3)C(=O)[C@H]12. The summed E-state index contributed by atoms with van der Waals surface area (Å²) in [7, 11) is 2.59. The average Bonchev–Trinajstić information content (AvgIpc) is 3.11. The van der Waals surface area contributed by atoms with Gasteiger partial charge in [0.25, 0.3) is 5.91 Å². The van der Waals surface area contributed by atoms with Gasteiger partial charge in [0.2, 0.25) is 5.91 Å². The van der Waals surface area contributed by atoms with Gasteiger partial charge >= 0.3 is 5.97 Å². The smallest absolute Gasteiger partial charge is 0.355 e. The molecule has 24 heavy (non-hydrogen) atoms. The summed E-state index contributed by atoms with van der Waals surface area (Å²) in [4.78, 5) is 48.8. The third kappa shape index (κ3) is 2.11. The number of methoxy groups -OCH3 is 2. The van der Waals surface area contributed by atoms with Gasteiger partial charge in [0, 0.05) is 0 Å². The summed E-state index contributed by atoms with van der Waals surface area (Å²) in [5.41, 5.74) is -0.0354. The first-order chi connectivity index (χ1) is 11.5. The molecule has 1 saturated heterocycles. The molecular weight excluding hydrogens is 320 g/mol. The molecule has 0 radical (unpaired) electrons. The minimum atomic E-state index is -1.29. The minimum Gasteiger partial charge on any atom is -0.497 e. The molecule has 0 bridgehead atoms. The molecule has 0 aliphatic carbocycles. The Balaban J connectivity index is 2.00. The van der Waals surface area contributed by atoms with E-state index < -0.39 is 29.7 Å². The molecule has 10 nitrogen and oxygen atoms in total. The summed E-state index contributed by atoms with van der Waals surface area (Å²) in [6, 6.07) is 4.91. The monoisotopic (exact) mass is 332 g/mol. The minimum absolute atomic E-state index is 0.287. The number of fused-ring (bicyclic) bond motifs is 1. The van der Waals surface area contributed by atoms with Crippen molar-refractivity contribution in [2.24, 2.45) is 16.3 Å². The number of nitrogens with zero attached hydrogens (tertiary/aromatic N) is 4. The predicted octanol–water partition coefficient (Wildman–Crippen LogP) is 0.0792. The second-order valence-electron chi connectivity index (χ2n) is 5.01. The van der Waals surface area contributed by atoms with Crippen LogP contribution < -0.4 is 9.64 Å². The number of hydrogen-bond acceptors (Lipinski definition) is 8. The zero-order valence-electron chi connectivity index (χ0n) is 12.7. The lowest BCUT2D eigenvalue weighted by Gasteiger charge is -2.16. The van der Waals surface area contributed by atoms with E-state index in [1.54, 1.807) is 12.1 Å². The molecule has 2 aliphatic heterocycles. The highest BCUT2D eigenvalue weighted by Gasteiger charge is 2.59. The maximum absolute atomic E-state index is 12.7. The van der Waals surface area contributed by atoms with Crippen molar-refractivity contribution in [2.45, 2.75) is 6.04 Å². The van der Waals surface area contributed by atoms with Crippen LogP contribution in [0.5, 0.6) is 5.75 Å². The molecule has 2 amide bonds. The van der Waals surface area contributed by atoms with E-state index in [1.165, 1.54) is 19.2 Å². The Kier molecular flexibility index (Phi) is 3.72. The van der Waals surface area contributed by atoms with Crippen molar-refractivity contribution in [3.8, 4) is 5.75 Å². The van der Waals surface area contributed by atoms with E-state index in [0.717, 1.165) is 12.0 Å². The maximum Gasteiger partial charge on any atom is 0.355 e. The van der Waals surface area contributed by atoms with Crippen molar-refractivity contribution in [3.05, 3.63) is 29.2 Å². The van der Waals surface area contributed by atoms with Crippen molar-refractivity contribution in [2.75, 3.05) is 19.1 Å². The number of nitroso groups, excluding NO2 is 1. The summed E-state index contributed by atoms with van der Waals surface area (Å²) in [6.45, 7) is 0. The number of esters is 1. The topological polar surface area (TPSA) is 118 Å². The number of carbonyl (C=O) groups excluding carboxylic acids is 3. The van der Waals surface area contributed by atoms with E-state index in [0.29, 0.717) is 10.9 Å². The number of amides is 2. The van der Waals surface area contributed by atoms with Crippen molar-refractivity contribution in [1.82, 2.24) is 5.12 Å². The first kappa shape index (κ1) is 15.6. The molecule has 10 heteroatoms. The first-order valence-corrected chi connectivity index (χ1v) is 6.84. The number of carbonyl (C=O) groups is 3. The second kappa shape index (κ2) is 5.72. The highest BCUT2D eigenvalue weighted by molar-refractivity contribution is 6.46. The van der Waals surface area contributed by atoms with Gasteiger partial charge in [0.1, 0.15) is 11.7 Å². The molecule has 2 heterocycles. The summed E-state index contributed by atoms with van der Waals surface area (Å²) < 4.78 is 9.58. The number of imide groups is 1. The lowest BCUT2D eigenvalue weighted by atomic mass is 9.98. The molecule has 0 unspecified atom stereocenters. The van der Waals surface area contributed by atoms with Crippen molar-refractivity contribution < 1.29 is 23.9 Å². The molecule has 0 spiro atoms. The van der Waals surface area contributed by atoms with Crippen LogP contribution in [0.3, 0.4) is 0 Å².